The van der Waals surface area contributed by atoms with Gasteiger partial charge in [-0.2, -0.15) is 0 Å². The van der Waals surface area contributed by atoms with Gasteiger partial charge < -0.3 is 10.8 Å². The van der Waals surface area contributed by atoms with E-state index in [-0.39, 0.29) is 0 Å². The van der Waals surface area contributed by atoms with Gasteiger partial charge >= 0.3 is 0 Å². The Morgan fingerprint density at radius 2 is 2.23 bits per heavy atom. The van der Waals surface area contributed by atoms with E-state index in [9.17, 15) is 5.11 Å². The van der Waals surface area contributed by atoms with Crippen molar-refractivity contribution in [2.24, 2.45) is 0 Å². The lowest BCUT2D eigenvalue weighted by atomic mass is 9.95. The minimum absolute atomic E-state index is 0.484. The Kier molecular flexibility index (Phi) is 2.65. The van der Waals surface area contributed by atoms with Crippen LogP contribution in [0.4, 0.5) is 5.69 Å². The molecule has 3 N–H and O–H groups in total. The second-order valence-corrected chi connectivity index (χ2v) is 3.86. The normalized spacial score (nSPS) is 14.6. The molecule has 1 rings (SSSR count). The van der Waals surface area contributed by atoms with Crippen molar-refractivity contribution in [3.63, 3.8) is 0 Å². The van der Waals surface area contributed by atoms with Crippen LogP contribution in [0.25, 0.3) is 0 Å². The van der Waals surface area contributed by atoms with E-state index in [4.69, 9.17) is 12.2 Å². The molecule has 3 heteroatoms. The zero-order valence-corrected chi connectivity index (χ0v) is 8.80. The summed E-state index contributed by atoms with van der Waals surface area (Å²) in [4.78, 5) is 0. The Hall–Kier alpha value is -0.980. The molecule has 0 saturated carbocycles. The first-order chi connectivity index (χ1) is 5.97. The Morgan fingerprint density at radius 1 is 1.62 bits per heavy atom. The summed E-state index contributed by atoms with van der Waals surface area (Å²) >= 11 is 3.27. The molecule has 0 fully saturated rings. The highest BCUT2D eigenvalue weighted by atomic mass is 79.9. The second-order valence-electron chi connectivity index (χ2n) is 2.95. The lowest BCUT2D eigenvalue weighted by Crippen LogP contribution is -2.19. The summed E-state index contributed by atoms with van der Waals surface area (Å²) in [6.07, 6.45) is 5.18. The minimum atomic E-state index is -1.30. The van der Waals surface area contributed by atoms with Gasteiger partial charge in [-0.25, -0.2) is 0 Å². The van der Waals surface area contributed by atoms with E-state index < -0.39 is 5.60 Å². The summed E-state index contributed by atoms with van der Waals surface area (Å²) in [5.74, 6) is 2.28. The number of aliphatic hydroxyl groups is 1. The SMILES string of the molecule is C#CC(C)(O)c1ccc(Br)cc1N. The van der Waals surface area contributed by atoms with Crippen LogP contribution in [0.3, 0.4) is 0 Å². The topological polar surface area (TPSA) is 46.2 Å². The highest BCUT2D eigenvalue weighted by molar-refractivity contribution is 9.10. The van der Waals surface area contributed by atoms with Crippen molar-refractivity contribution in [2.75, 3.05) is 5.73 Å². The van der Waals surface area contributed by atoms with Gasteiger partial charge in [-0.15, -0.1) is 6.42 Å². The van der Waals surface area contributed by atoms with Crippen LogP contribution in [-0.2, 0) is 5.60 Å². The molecule has 13 heavy (non-hydrogen) atoms. The van der Waals surface area contributed by atoms with Crippen LogP contribution in [0.2, 0.25) is 0 Å². The molecule has 68 valence electrons. The monoisotopic (exact) mass is 239 g/mol. The van der Waals surface area contributed by atoms with Crippen molar-refractivity contribution >= 4 is 21.6 Å². The van der Waals surface area contributed by atoms with Crippen molar-refractivity contribution in [3.8, 4) is 12.3 Å². The van der Waals surface area contributed by atoms with E-state index in [1.54, 1.807) is 18.2 Å². The zero-order chi connectivity index (χ0) is 10.1. The van der Waals surface area contributed by atoms with E-state index in [0.29, 0.717) is 11.3 Å². The summed E-state index contributed by atoms with van der Waals surface area (Å²) in [6.45, 7) is 1.53. The lowest BCUT2D eigenvalue weighted by Gasteiger charge is -2.18. The zero-order valence-electron chi connectivity index (χ0n) is 7.21. The Balaban J connectivity index is 3.26. The fraction of sp³-hybridized carbons (Fsp3) is 0.200. The molecule has 2 nitrogen and oxygen atoms in total. The molecule has 1 aromatic rings. The maximum absolute atomic E-state index is 9.73. The predicted molar refractivity (Wildman–Crippen MR) is 57.0 cm³/mol. The van der Waals surface area contributed by atoms with Crippen molar-refractivity contribution in [3.05, 3.63) is 28.2 Å². The van der Waals surface area contributed by atoms with Crippen LogP contribution in [0.15, 0.2) is 22.7 Å². The quantitative estimate of drug-likeness (QED) is 0.581. The molecule has 0 aliphatic heterocycles. The van der Waals surface area contributed by atoms with Gasteiger partial charge in [-0.3, -0.25) is 0 Å². The van der Waals surface area contributed by atoms with Crippen LogP contribution in [0.1, 0.15) is 12.5 Å². The van der Waals surface area contributed by atoms with Crippen molar-refractivity contribution in [1.82, 2.24) is 0 Å². The van der Waals surface area contributed by atoms with Gasteiger partial charge in [0.2, 0.25) is 0 Å². The van der Waals surface area contributed by atoms with Crippen molar-refractivity contribution < 1.29 is 5.11 Å². The number of hydrogen-bond acceptors (Lipinski definition) is 2. The van der Waals surface area contributed by atoms with Crippen LogP contribution in [-0.4, -0.2) is 5.11 Å². The van der Waals surface area contributed by atoms with E-state index in [2.05, 4.69) is 21.9 Å². The molecule has 1 aromatic carbocycles. The van der Waals surface area contributed by atoms with Crippen molar-refractivity contribution in [2.45, 2.75) is 12.5 Å². The number of rotatable bonds is 1. The molecule has 0 bridgehead atoms. The number of hydrogen-bond donors (Lipinski definition) is 2. The van der Waals surface area contributed by atoms with Gasteiger partial charge in [0.25, 0.3) is 0 Å². The van der Waals surface area contributed by atoms with Crippen molar-refractivity contribution in [1.29, 1.82) is 0 Å². The minimum Gasteiger partial charge on any atom is -0.398 e. The van der Waals surface area contributed by atoms with Gasteiger partial charge in [-0.1, -0.05) is 27.9 Å². The van der Waals surface area contributed by atoms with Gasteiger partial charge in [0, 0.05) is 15.7 Å². The molecular weight excluding hydrogens is 230 g/mol. The molecule has 0 aliphatic carbocycles. The number of halogens is 1. The Bertz CT molecular complexity index is 366. The number of benzene rings is 1. The number of nitrogen functional groups attached to an aromatic ring is 1. The van der Waals surface area contributed by atoms with Crippen LogP contribution >= 0.6 is 15.9 Å². The molecule has 0 aliphatic rings. The molecule has 0 saturated heterocycles. The standard InChI is InChI=1S/C10H10BrNO/c1-3-10(2,13)8-5-4-7(11)6-9(8)12/h1,4-6,13H,12H2,2H3. The highest BCUT2D eigenvalue weighted by Gasteiger charge is 2.21. The molecule has 0 spiro atoms. The third-order valence-electron chi connectivity index (χ3n) is 1.82. The maximum atomic E-state index is 9.73. The van der Waals surface area contributed by atoms with E-state index in [1.807, 2.05) is 0 Å². The Labute approximate surface area is 85.9 Å². The number of nitrogens with two attached hydrogens (primary N) is 1. The smallest absolute Gasteiger partial charge is 0.149 e. The van der Waals surface area contributed by atoms with Crippen LogP contribution in [0, 0.1) is 12.3 Å². The summed E-state index contributed by atoms with van der Waals surface area (Å²) in [6, 6.07) is 5.21. The Morgan fingerprint density at radius 3 is 2.69 bits per heavy atom. The molecule has 0 radical (unpaired) electrons. The van der Waals surface area contributed by atoms with Gasteiger partial charge in [-0.05, 0) is 19.1 Å². The molecule has 1 atom stereocenters. The average Bonchev–Trinajstić information content (AvgIpc) is 2.03. The lowest BCUT2D eigenvalue weighted by molar-refractivity contribution is 0.123. The van der Waals surface area contributed by atoms with E-state index >= 15 is 0 Å². The van der Waals surface area contributed by atoms with Crippen LogP contribution < -0.4 is 5.73 Å². The molecular formula is C10H10BrNO. The molecule has 0 aromatic heterocycles. The average molecular weight is 240 g/mol. The fourth-order valence-corrected chi connectivity index (χ4v) is 1.43. The van der Waals surface area contributed by atoms with E-state index in [1.165, 1.54) is 6.92 Å². The third kappa shape index (κ3) is 2.03. The first kappa shape index (κ1) is 10.1. The molecule has 0 amide bonds. The first-order valence-electron chi connectivity index (χ1n) is 3.73. The molecule has 0 heterocycles. The summed E-state index contributed by atoms with van der Waals surface area (Å²) in [7, 11) is 0. The summed E-state index contributed by atoms with van der Waals surface area (Å²) in [5.41, 5.74) is 5.43. The van der Waals surface area contributed by atoms with E-state index in [0.717, 1.165) is 4.47 Å². The summed E-state index contributed by atoms with van der Waals surface area (Å²) in [5, 5.41) is 9.73. The maximum Gasteiger partial charge on any atom is 0.149 e. The number of anilines is 1. The van der Waals surface area contributed by atoms with Gasteiger partial charge in [0.1, 0.15) is 5.60 Å². The highest BCUT2D eigenvalue weighted by Crippen LogP contribution is 2.27. The van der Waals surface area contributed by atoms with Gasteiger partial charge in [0.05, 0.1) is 0 Å². The van der Waals surface area contributed by atoms with Gasteiger partial charge in [0.15, 0.2) is 0 Å². The fourth-order valence-electron chi connectivity index (χ4n) is 1.05. The van der Waals surface area contributed by atoms with Crippen LogP contribution in [0.5, 0.6) is 0 Å². The second kappa shape index (κ2) is 3.41. The largest absolute Gasteiger partial charge is 0.398 e. The summed E-state index contributed by atoms with van der Waals surface area (Å²) < 4.78 is 0.863. The third-order valence-corrected chi connectivity index (χ3v) is 2.31. The predicted octanol–water partition coefficient (Wildman–Crippen LogP) is 1.87. The molecule has 1 unspecified atom stereocenters. The first-order valence-corrected chi connectivity index (χ1v) is 4.52. The number of terminal acetylenes is 1.